The van der Waals surface area contributed by atoms with E-state index in [0.29, 0.717) is 25.9 Å². The largest absolute Gasteiger partial charge is 0.393 e. The van der Waals surface area contributed by atoms with Crippen LogP contribution in [0, 0.1) is 0 Å². The van der Waals surface area contributed by atoms with Gasteiger partial charge in [0.05, 0.1) is 17.3 Å². The van der Waals surface area contributed by atoms with Gasteiger partial charge in [0.25, 0.3) is 5.91 Å². The number of hydrogen-bond acceptors (Lipinski definition) is 4. The number of aliphatic hydroxyl groups excluding tert-OH is 1. The van der Waals surface area contributed by atoms with Gasteiger partial charge in [-0.2, -0.15) is 0 Å². The van der Waals surface area contributed by atoms with Gasteiger partial charge in [-0.3, -0.25) is 4.79 Å². The van der Waals surface area contributed by atoms with Crippen molar-refractivity contribution in [3.05, 3.63) is 16.1 Å². The fourth-order valence-electron chi connectivity index (χ4n) is 1.96. The predicted molar refractivity (Wildman–Crippen MR) is 67.3 cm³/mol. The monoisotopic (exact) mass is 254 g/mol. The number of carbonyl (C=O) groups excluding carboxylic acids is 1. The van der Waals surface area contributed by atoms with Crippen molar-refractivity contribution < 1.29 is 9.90 Å². The third-order valence-electron chi connectivity index (χ3n) is 2.98. The Morgan fingerprint density at radius 2 is 2.29 bits per heavy atom. The lowest BCUT2D eigenvalue weighted by atomic mass is 10.1. The molecular formula is C12H18N2O2S. The Morgan fingerprint density at radius 1 is 1.59 bits per heavy atom. The smallest absolute Gasteiger partial charge is 0.265 e. The molecule has 0 radical (unpaired) electrons. The number of hydrogen-bond donors (Lipinski definition) is 1. The Labute approximate surface area is 105 Å². The number of likely N-dealkylation sites (tertiary alicyclic amines) is 1. The van der Waals surface area contributed by atoms with Gasteiger partial charge in [-0.25, -0.2) is 4.98 Å². The van der Waals surface area contributed by atoms with Crippen molar-refractivity contribution in [3.63, 3.8) is 0 Å². The van der Waals surface area contributed by atoms with Crippen LogP contribution in [0.1, 0.15) is 40.9 Å². The Kier molecular flexibility index (Phi) is 4.12. The van der Waals surface area contributed by atoms with Crippen LogP contribution in [0.25, 0.3) is 0 Å². The number of carbonyl (C=O) groups is 1. The molecule has 0 aliphatic carbocycles. The fraction of sp³-hybridized carbons (Fsp3) is 0.667. The molecule has 0 saturated carbocycles. The van der Waals surface area contributed by atoms with Gasteiger partial charge in [0, 0.05) is 13.1 Å². The van der Waals surface area contributed by atoms with Gasteiger partial charge >= 0.3 is 0 Å². The lowest BCUT2D eigenvalue weighted by Crippen LogP contribution is -2.39. The van der Waals surface area contributed by atoms with E-state index in [1.54, 1.807) is 6.20 Å². The molecule has 1 aliphatic rings. The Bertz CT molecular complexity index is 384. The fourth-order valence-corrected chi connectivity index (χ4v) is 2.95. The Morgan fingerprint density at radius 3 is 2.94 bits per heavy atom. The zero-order chi connectivity index (χ0) is 12.3. The summed E-state index contributed by atoms with van der Waals surface area (Å²) in [5, 5.41) is 10.4. The summed E-state index contributed by atoms with van der Waals surface area (Å²) in [5.41, 5.74) is 0. The first-order valence-corrected chi connectivity index (χ1v) is 6.94. The number of aryl methyl sites for hydroxylation is 1. The molecule has 5 heteroatoms. The normalized spacial score (nSPS) is 17.4. The summed E-state index contributed by atoms with van der Waals surface area (Å²) in [4.78, 5) is 18.9. The van der Waals surface area contributed by atoms with Crippen molar-refractivity contribution in [1.29, 1.82) is 0 Å². The van der Waals surface area contributed by atoms with Crippen molar-refractivity contribution >= 4 is 17.2 Å². The van der Waals surface area contributed by atoms with Gasteiger partial charge < -0.3 is 10.0 Å². The van der Waals surface area contributed by atoms with E-state index in [9.17, 15) is 9.90 Å². The van der Waals surface area contributed by atoms with E-state index in [2.05, 4.69) is 11.9 Å². The number of nitrogens with zero attached hydrogens (tertiary/aromatic N) is 2. The number of aliphatic hydroxyl groups is 1. The molecule has 1 aliphatic heterocycles. The Hall–Kier alpha value is -0.940. The van der Waals surface area contributed by atoms with E-state index in [4.69, 9.17) is 0 Å². The van der Waals surface area contributed by atoms with E-state index in [1.807, 2.05) is 4.90 Å². The number of aromatic nitrogens is 1. The lowest BCUT2D eigenvalue weighted by Gasteiger charge is -2.29. The molecule has 0 bridgehead atoms. The SMILES string of the molecule is CCCc1ncc(C(=O)N2CCC(O)CC2)s1. The third kappa shape index (κ3) is 3.04. The first-order chi connectivity index (χ1) is 8.20. The minimum atomic E-state index is -0.240. The van der Waals surface area contributed by atoms with Crippen molar-refractivity contribution in [2.75, 3.05) is 13.1 Å². The second-order valence-electron chi connectivity index (χ2n) is 4.39. The average molecular weight is 254 g/mol. The molecule has 0 atom stereocenters. The molecule has 1 saturated heterocycles. The average Bonchev–Trinajstić information content (AvgIpc) is 2.78. The van der Waals surface area contributed by atoms with Crippen LogP contribution in [-0.2, 0) is 6.42 Å². The van der Waals surface area contributed by atoms with E-state index in [0.717, 1.165) is 22.7 Å². The molecule has 2 heterocycles. The quantitative estimate of drug-likeness (QED) is 0.893. The van der Waals surface area contributed by atoms with Crippen LogP contribution >= 0.6 is 11.3 Å². The van der Waals surface area contributed by atoms with Crippen molar-refractivity contribution in [3.8, 4) is 0 Å². The molecule has 94 valence electrons. The summed E-state index contributed by atoms with van der Waals surface area (Å²) in [6.45, 7) is 3.41. The first kappa shape index (κ1) is 12.5. The molecule has 1 aromatic heterocycles. The van der Waals surface area contributed by atoms with Gasteiger partial charge in [0.15, 0.2) is 0 Å². The maximum absolute atomic E-state index is 12.1. The van der Waals surface area contributed by atoms with Crippen molar-refractivity contribution in [1.82, 2.24) is 9.88 Å². The highest BCUT2D eigenvalue weighted by Gasteiger charge is 2.23. The van der Waals surface area contributed by atoms with Gasteiger partial charge in [0.2, 0.25) is 0 Å². The van der Waals surface area contributed by atoms with Gasteiger partial charge in [-0.1, -0.05) is 6.92 Å². The topological polar surface area (TPSA) is 53.4 Å². The summed E-state index contributed by atoms with van der Waals surface area (Å²) in [6.07, 6.45) is 4.81. The molecule has 0 spiro atoms. The Balaban J connectivity index is 1.98. The molecular weight excluding hydrogens is 236 g/mol. The predicted octanol–water partition coefficient (Wildman–Crippen LogP) is 1.69. The van der Waals surface area contributed by atoms with Crippen molar-refractivity contribution in [2.45, 2.75) is 38.7 Å². The molecule has 0 aromatic carbocycles. The maximum Gasteiger partial charge on any atom is 0.265 e. The molecule has 17 heavy (non-hydrogen) atoms. The molecule has 1 N–H and O–H groups in total. The van der Waals surface area contributed by atoms with Crippen LogP contribution in [0.2, 0.25) is 0 Å². The van der Waals surface area contributed by atoms with Crippen LogP contribution in [0.3, 0.4) is 0 Å². The van der Waals surface area contributed by atoms with Crippen LogP contribution in [-0.4, -0.2) is 40.1 Å². The van der Waals surface area contributed by atoms with Crippen LogP contribution in [0.4, 0.5) is 0 Å². The summed E-state index contributed by atoms with van der Waals surface area (Å²) < 4.78 is 0. The van der Waals surface area contributed by atoms with E-state index in [1.165, 1.54) is 11.3 Å². The van der Waals surface area contributed by atoms with E-state index >= 15 is 0 Å². The van der Waals surface area contributed by atoms with Gasteiger partial charge in [-0.15, -0.1) is 11.3 Å². The van der Waals surface area contributed by atoms with Gasteiger partial charge in [0.1, 0.15) is 4.88 Å². The summed E-state index contributed by atoms with van der Waals surface area (Å²) in [7, 11) is 0. The zero-order valence-corrected chi connectivity index (χ0v) is 10.9. The number of thiazole rings is 1. The van der Waals surface area contributed by atoms with E-state index in [-0.39, 0.29) is 12.0 Å². The summed E-state index contributed by atoms with van der Waals surface area (Å²) in [6, 6.07) is 0. The summed E-state index contributed by atoms with van der Waals surface area (Å²) in [5.74, 6) is 0.0664. The van der Waals surface area contributed by atoms with Crippen molar-refractivity contribution in [2.24, 2.45) is 0 Å². The second kappa shape index (κ2) is 5.60. The highest BCUT2D eigenvalue weighted by molar-refractivity contribution is 7.13. The molecule has 0 unspecified atom stereocenters. The number of piperidine rings is 1. The molecule has 1 amide bonds. The minimum absolute atomic E-state index is 0.0664. The molecule has 4 nitrogen and oxygen atoms in total. The molecule has 1 aromatic rings. The van der Waals surface area contributed by atoms with Crippen LogP contribution < -0.4 is 0 Å². The number of amides is 1. The second-order valence-corrected chi connectivity index (χ2v) is 5.51. The zero-order valence-electron chi connectivity index (χ0n) is 10.1. The van der Waals surface area contributed by atoms with E-state index < -0.39 is 0 Å². The third-order valence-corrected chi connectivity index (χ3v) is 4.03. The van der Waals surface area contributed by atoms with Crippen LogP contribution in [0.15, 0.2) is 6.20 Å². The molecule has 2 rings (SSSR count). The minimum Gasteiger partial charge on any atom is -0.393 e. The van der Waals surface area contributed by atoms with Crippen LogP contribution in [0.5, 0.6) is 0 Å². The maximum atomic E-state index is 12.1. The molecule has 1 fully saturated rings. The standard InChI is InChI=1S/C12H18N2O2S/c1-2-3-11-13-8-10(17-11)12(16)14-6-4-9(15)5-7-14/h8-9,15H,2-7H2,1H3. The summed E-state index contributed by atoms with van der Waals surface area (Å²) >= 11 is 1.50. The highest BCUT2D eigenvalue weighted by Crippen LogP contribution is 2.19. The lowest BCUT2D eigenvalue weighted by molar-refractivity contribution is 0.0550. The van der Waals surface area contributed by atoms with Gasteiger partial charge in [-0.05, 0) is 25.7 Å². The first-order valence-electron chi connectivity index (χ1n) is 6.12. The number of rotatable bonds is 3. The highest BCUT2D eigenvalue weighted by atomic mass is 32.1.